The van der Waals surface area contributed by atoms with Crippen molar-refractivity contribution in [2.45, 2.75) is 91.6 Å². The van der Waals surface area contributed by atoms with Gasteiger partial charge in [-0.1, -0.05) is 112 Å². The molecule has 54 heavy (non-hydrogen) atoms. The molecule has 0 unspecified atom stereocenters. The maximum atomic E-state index is 15.2. The highest BCUT2D eigenvalue weighted by Gasteiger charge is 2.31. The summed E-state index contributed by atoms with van der Waals surface area (Å²) in [6, 6.07) is 26.1. The van der Waals surface area contributed by atoms with Gasteiger partial charge in [0.05, 0.1) is 5.52 Å². The van der Waals surface area contributed by atoms with Gasteiger partial charge in [-0.25, -0.2) is 18.8 Å². The second-order valence-electron chi connectivity index (χ2n) is 15.6. The van der Waals surface area contributed by atoms with Gasteiger partial charge >= 0.3 is 0 Å². The fourth-order valence-corrected chi connectivity index (χ4v) is 12.7. The topological polar surface area (TPSA) is 4.93 Å². The molecule has 6 rings (SSSR count). The van der Waals surface area contributed by atoms with E-state index >= 15 is 4.39 Å². The molecule has 0 N–H and O–H groups in total. The van der Waals surface area contributed by atoms with Crippen molar-refractivity contribution in [2.24, 2.45) is 0 Å². The maximum Gasteiger partial charge on any atom is 0.123 e. The molecule has 282 valence electrons. The van der Waals surface area contributed by atoms with Crippen LogP contribution in [0.3, 0.4) is 0 Å². The molecule has 0 radical (unpaired) electrons. The Morgan fingerprint density at radius 2 is 1.46 bits per heavy atom. The molecule has 0 saturated carbocycles. The summed E-state index contributed by atoms with van der Waals surface area (Å²) >= 11 is 0. The van der Waals surface area contributed by atoms with Crippen molar-refractivity contribution in [3.8, 4) is 16.8 Å². The molecule has 0 saturated heterocycles. The summed E-state index contributed by atoms with van der Waals surface area (Å²) in [4.78, 5) is 0. The summed E-state index contributed by atoms with van der Waals surface area (Å²) < 4.78 is 32.2. The molecule has 1 nitrogen and oxygen atoms in total. The number of hydrogen-bond donors (Lipinski definition) is 0. The number of para-hydroxylation sites is 1. The van der Waals surface area contributed by atoms with E-state index in [0.717, 1.165) is 70.7 Å². The van der Waals surface area contributed by atoms with Gasteiger partial charge in [0.2, 0.25) is 0 Å². The minimum Gasteiger partial charge on any atom is -0.313 e. The molecule has 0 bridgehead atoms. The van der Waals surface area contributed by atoms with E-state index in [1.807, 2.05) is 19.1 Å². The van der Waals surface area contributed by atoms with E-state index in [9.17, 15) is 4.39 Å². The Kier molecular flexibility index (Phi) is 12.3. The van der Waals surface area contributed by atoms with Crippen LogP contribution in [0.15, 0.2) is 114 Å². The van der Waals surface area contributed by atoms with Crippen molar-refractivity contribution in [1.29, 1.82) is 0 Å². The van der Waals surface area contributed by atoms with Crippen molar-refractivity contribution in [2.75, 3.05) is 11.5 Å². The van der Waals surface area contributed by atoms with Crippen LogP contribution in [0.1, 0.15) is 88.4 Å². The van der Waals surface area contributed by atoms with Gasteiger partial charge in [-0.3, -0.25) is 0 Å². The van der Waals surface area contributed by atoms with Crippen LogP contribution in [0.25, 0.3) is 39.9 Å². The van der Waals surface area contributed by atoms with E-state index in [4.69, 9.17) is 0 Å². The molecule has 0 spiro atoms. The lowest BCUT2D eigenvalue weighted by molar-refractivity contribution is 0.626. The first kappa shape index (κ1) is 39.3. The van der Waals surface area contributed by atoms with Gasteiger partial charge in [-0.15, -0.1) is 0 Å². The highest BCUT2D eigenvalue weighted by Crippen LogP contribution is 2.57. The zero-order valence-electron chi connectivity index (χ0n) is 33.5. The summed E-state index contributed by atoms with van der Waals surface area (Å²) in [6.45, 7) is 17.9. The quantitative estimate of drug-likeness (QED) is 0.106. The number of benzene rings is 4. The fraction of sp³-hybridized carbons (Fsp3) is 0.320. The number of hydrogen-bond acceptors (Lipinski definition) is 0. The first-order chi connectivity index (χ1) is 25.9. The first-order valence-electron chi connectivity index (χ1n) is 19.6. The lowest BCUT2D eigenvalue weighted by atomic mass is 9.96. The summed E-state index contributed by atoms with van der Waals surface area (Å²) in [6.07, 6.45) is 16.7. The number of nitrogens with zero attached hydrogens (tertiary/aromatic N) is 1. The van der Waals surface area contributed by atoms with Crippen LogP contribution >= 0.6 is 10.0 Å². The van der Waals surface area contributed by atoms with Gasteiger partial charge in [0.25, 0.3) is 0 Å². The Morgan fingerprint density at radius 1 is 0.796 bits per heavy atom. The molecular formula is C50H57F2NS. The van der Waals surface area contributed by atoms with Crippen molar-refractivity contribution in [3.63, 3.8) is 0 Å². The van der Waals surface area contributed by atoms with Crippen LogP contribution in [0.5, 0.6) is 0 Å². The van der Waals surface area contributed by atoms with Crippen LogP contribution in [-0.4, -0.2) is 26.6 Å². The molecule has 1 aromatic heterocycles. The van der Waals surface area contributed by atoms with Gasteiger partial charge in [-0.2, -0.15) is 0 Å². The number of rotatable bonds is 13. The second kappa shape index (κ2) is 16.9. The van der Waals surface area contributed by atoms with Gasteiger partial charge < -0.3 is 4.57 Å². The average Bonchev–Trinajstić information content (AvgIpc) is 3.49. The monoisotopic (exact) mass is 741 g/mol. The summed E-state index contributed by atoms with van der Waals surface area (Å²) in [5, 5.41) is 2.28. The summed E-state index contributed by atoms with van der Waals surface area (Å²) in [5.41, 5.74) is 13.8. The van der Waals surface area contributed by atoms with E-state index in [-0.39, 0.29) is 11.6 Å². The molecule has 0 atom stereocenters. The summed E-state index contributed by atoms with van der Waals surface area (Å²) in [7, 11) is -1.14. The fourth-order valence-electron chi connectivity index (χ4n) is 8.32. The molecule has 0 aliphatic heterocycles. The SMILES string of the molecule is C/C=C(C)\C=C/C(C)=Cc1cc(F)ccc1CCS(CCc1ccc(F)cc1-c1cc(C)cc(-n2c3c(c4ccccc42)C=CCC3)c1)(C(C)C)C(C)C. The Labute approximate surface area is 324 Å². The van der Waals surface area contributed by atoms with Crippen molar-refractivity contribution < 1.29 is 8.78 Å². The Balaban J connectivity index is 1.33. The molecule has 4 heteroatoms. The Hall–Kier alpha value is -4.41. The number of fused-ring (bicyclic) bond motifs is 3. The third-order valence-corrected chi connectivity index (χ3v) is 17.2. The van der Waals surface area contributed by atoms with Gasteiger partial charge in [-0.05, 0) is 151 Å². The van der Waals surface area contributed by atoms with Gasteiger partial charge in [0.1, 0.15) is 11.6 Å². The molecule has 1 aliphatic carbocycles. The zero-order chi connectivity index (χ0) is 38.6. The minimum absolute atomic E-state index is 0.206. The van der Waals surface area contributed by atoms with Gasteiger partial charge in [0, 0.05) is 22.3 Å². The average molecular weight is 742 g/mol. The van der Waals surface area contributed by atoms with E-state index < -0.39 is 10.0 Å². The molecule has 5 aromatic rings. The van der Waals surface area contributed by atoms with Gasteiger partial charge in [0.15, 0.2) is 0 Å². The molecule has 0 fully saturated rings. The highest BCUT2D eigenvalue weighted by atomic mass is 32.3. The normalized spacial score (nSPS) is 14.2. The van der Waals surface area contributed by atoms with Crippen LogP contribution < -0.4 is 0 Å². The first-order valence-corrected chi connectivity index (χ1v) is 21.7. The van der Waals surface area contributed by atoms with E-state index in [1.165, 1.54) is 38.9 Å². The lowest BCUT2D eigenvalue weighted by Crippen LogP contribution is -2.29. The molecule has 0 amide bonds. The van der Waals surface area contributed by atoms with Crippen LogP contribution in [-0.2, 0) is 19.3 Å². The smallest absolute Gasteiger partial charge is 0.123 e. The Morgan fingerprint density at radius 3 is 2.19 bits per heavy atom. The number of aryl methyl sites for hydroxylation is 3. The predicted octanol–water partition coefficient (Wildman–Crippen LogP) is 14.2. The van der Waals surface area contributed by atoms with Crippen LogP contribution in [0, 0.1) is 18.6 Å². The van der Waals surface area contributed by atoms with E-state index in [0.29, 0.717) is 10.5 Å². The lowest BCUT2D eigenvalue weighted by Gasteiger charge is -2.48. The Bertz CT molecular complexity index is 2250. The van der Waals surface area contributed by atoms with Crippen LogP contribution in [0.2, 0.25) is 0 Å². The van der Waals surface area contributed by atoms with Crippen molar-refractivity contribution >= 4 is 33.1 Å². The van der Waals surface area contributed by atoms with E-state index in [1.54, 1.807) is 24.3 Å². The molecular weight excluding hydrogens is 685 g/mol. The minimum atomic E-state index is -1.14. The second-order valence-corrected chi connectivity index (χ2v) is 20.3. The van der Waals surface area contributed by atoms with Crippen molar-refractivity contribution in [3.05, 3.63) is 159 Å². The number of allylic oxidation sites excluding steroid dienone is 6. The standard InChI is InChI=1S/C50H57F2NS/c1-9-36(6)18-19-37(7)28-41-31-43(51)22-20-39(41)24-26-54(34(2)3,35(4)5)27-25-40-21-23-44(52)33-48(40)42-29-38(8)30-45(32-42)53-49-16-12-10-14-46(49)47-15-11-13-17-50(47)53/h9-12,14-16,18-23,28-35H,13,17,24-27H2,1-8H3/b19-18-,36-9-,37-28?. The maximum absolute atomic E-state index is 15.2. The zero-order valence-corrected chi connectivity index (χ0v) is 34.3. The summed E-state index contributed by atoms with van der Waals surface area (Å²) in [5.74, 6) is 1.70. The molecule has 1 heterocycles. The number of aromatic nitrogens is 1. The largest absolute Gasteiger partial charge is 0.313 e. The van der Waals surface area contributed by atoms with Crippen molar-refractivity contribution in [1.82, 2.24) is 4.57 Å². The molecule has 1 aliphatic rings. The number of halogens is 2. The third-order valence-electron chi connectivity index (χ3n) is 11.5. The third kappa shape index (κ3) is 8.45. The predicted molar refractivity (Wildman–Crippen MR) is 234 cm³/mol. The molecule has 4 aromatic carbocycles. The van der Waals surface area contributed by atoms with E-state index in [2.05, 4.69) is 132 Å². The van der Waals surface area contributed by atoms with Crippen LogP contribution in [0.4, 0.5) is 8.78 Å². The highest BCUT2D eigenvalue weighted by molar-refractivity contribution is 8.34.